The van der Waals surface area contributed by atoms with Gasteiger partial charge in [0.15, 0.2) is 0 Å². The average Bonchev–Trinajstić information content (AvgIpc) is 2.27. The van der Waals surface area contributed by atoms with Crippen molar-refractivity contribution in [1.29, 1.82) is 0 Å². The molecule has 0 aromatic heterocycles. The molecule has 1 aromatic rings. The van der Waals surface area contributed by atoms with Crippen molar-refractivity contribution in [2.75, 3.05) is 11.9 Å². The molecule has 0 spiro atoms. The Labute approximate surface area is 95.0 Å². The number of aryl methyl sites for hydroxylation is 1. The zero-order chi connectivity index (χ0) is 12.1. The molecule has 0 aliphatic carbocycles. The van der Waals surface area contributed by atoms with Crippen molar-refractivity contribution in [3.8, 4) is 0 Å². The van der Waals surface area contributed by atoms with Crippen LogP contribution in [0.5, 0.6) is 0 Å². The molecule has 0 aliphatic heterocycles. The van der Waals surface area contributed by atoms with Crippen molar-refractivity contribution in [3.63, 3.8) is 0 Å². The van der Waals surface area contributed by atoms with E-state index in [4.69, 9.17) is 5.73 Å². The standard InChI is InChI=1S/C12H16N2O2/c1-3-9-6-4-5-7-10(9)14(2)12(16)8-11(13)15/h4-7H,3,8H2,1-2H3,(H2,13,15). The maximum absolute atomic E-state index is 11.6. The molecule has 0 fully saturated rings. The molecule has 0 saturated heterocycles. The van der Waals surface area contributed by atoms with Gasteiger partial charge in [0.2, 0.25) is 11.8 Å². The molecule has 0 radical (unpaired) electrons. The van der Waals surface area contributed by atoms with Gasteiger partial charge in [0, 0.05) is 12.7 Å². The summed E-state index contributed by atoms with van der Waals surface area (Å²) < 4.78 is 0. The Bertz CT molecular complexity index is 402. The van der Waals surface area contributed by atoms with E-state index in [0.29, 0.717) is 0 Å². The second kappa shape index (κ2) is 5.30. The van der Waals surface area contributed by atoms with Crippen molar-refractivity contribution in [3.05, 3.63) is 29.8 Å². The number of carbonyl (C=O) groups is 2. The summed E-state index contributed by atoms with van der Waals surface area (Å²) in [5.41, 5.74) is 6.90. The fourth-order valence-electron chi connectivity index (χ4n) is 1.54. The summed E-state index contributed by atoms with van der Waals surface area (Å²) in [7, 11) is 1.65. The molecular weight excluding hydrogens is 204 g/mol. The highest BCUT2D eigenvalue weighted by molar-refractivity contribution is 6.04. The van der Waals surface area contributed by atoms with Crippen molar-refractivity contribution in [1.82, 2.24) is 0 Å². The number of hydrogen-bond donors (Lipinski definition) is 1. The molecule has 2 amide bonds. The van der Waals surface area contributed by atoms with Gasteiger partial charge in [-0.3, -0.25) is 9.59 Å². The number of hydrogen-bond acceptors (Lipinski definition) is 2. The Morgan fingerprint density at radius 3 is 2.50 bits per heavy atom. The highest BCUT2D eigenvalue weighted by atomic mass is 16.2. The maximum atomic E-state index is 11.6. The van der Waals surface area contributed by atoms with Gasteiger partial charge < -0.3 is 10.6 Å². The number of para-hydroxylation sites is 1. The second-order valence-corrected chi connectivity index (χ2v) is 3.58. The molecule has 4 nitrogen and oxygen atoms in total. The molecule has 0 aliphatic rings. The Morgan fingerprint density at radius 1 is 1.31 bits per heavy atom. The fourth-order valence-corrected chi connectivity index (χ4v) is 1.54. The van der Waals surface area contributed by atoms with Gasteiger partial charge in [-0.05, 0) is 18.1 Å². The van der Waals surface area contributed by atoms with Crippen LogP contribution in [0.15, 0.2) is 24.3 Å². The topological polar surface area (TPSA) is 63.4 Å². The van der Waals surface area contributed by atoms with E-state index in [2.05, 4.69) is 0 Å². The number of anilines is 1. The SMILES string of the molecule is CCc1ccccc1N(C)C(=O)CC(N)=O. The van der Waals surface area contributed by atoms with E-state index in [1.807, 2.05) is 31.2 Å². The van der Waals surface area contributed by atoms with Crippen LogP contribution in [0.25, 0.3) is 0 Å². The van der Waals surface area contributed by atoms with Crippen LogP contribution in [0.2, 0.25) is 0 Å². The zero-order valence-corrected chi connectivity index (χ0v) is 9.56. The third kappa shape index (κ3) is 2.82. The van der Waals surface area contributed by atoms with E-state index in [1.54, 1.807) is 7.05 Å². The quantitative estimate of drug-likeness (QED) is 0.772. The lowest BCUT2D eigenvalue weighted by Crippen LogP contribution is -2.31. The summed E-state index contributed by atoms with van der Waals surface area (Å²) in [6, 6.07) is 7.61. The van der Waals surface area contributed by atoms with E-state index >= 15 is 0 Å². The molecule has 16 heavy (non-hydrogen) atoms. The van der Waals surface area contributed by atoms with Gasteiger partial charge in [0.25, 0.3) is 0 Å². The Kier molecular flexibility index (Phi) is 4.05. The highest BCUT2D eigenvalue weighted by Crippen LogP contribution is 2.20. The van der Waals surface area contributed by atoms with Crippen LogP contribution in [0.3, 0.4) is 0 Å². The minimum absolute atomic E-state index is 0.255. The van der Waals surface area contributed by atoms with Gasteiger partial charge in [-0.15, -0.1) is 0 Å². The lowest BCUT2D eigenvalue weighted by molar-refractivity contribution is -0.125. The van der Waals surface area contributed by atoms with Crippen LogP contribution in [0.4, 0.5) is 5.69 Å². The molecular formula is C12H16N2O2. The molecule has 4 heteroatoms. The van der Waals surface area contributed by atoms with Gasteiger partial charge in [-0.25, -0.2) is 0 Å². The third-order valence-electron chi connectivity index (χ3n) is 2.43. The predicted octanol–water partition coefficient (Wildman–Crippen LogP) is 1.09. The monoisotopic (exact) mass is 220 g/mol. The van der Waals surface area contributed by atoms with Gasteiger partial charge in [0.05, 0.1) is 0 Å². The first-order valence-electron chi connectivity index (χ1n) is 5.19. The summed E-state index contributed by atoms with van der Waals surface area (Å²) in [5, 5.41) is 0. The molecule has 2 N–H and O–H groups in total. The van der Waals surface area contributed by atoms with Crippen molar-refractivity contribution in [2.45, 2.75) is 19.8 Å². The zero-order valence-electron chi connectivity index (χ0n) is 9.56. The van der Waals surface area contributed by atoms with Crippen LogP contribution in [-0.2, 0) is 16.0 Å². The Morgan fingerprint density at radius 2 is 1.94 bits per heavy atom. The number of primary amides is 1. The van der Waals surface area contributed by atoms with Crippen LogP contribution >= 0.6 is 0 Å². The van der Waals surface area contributed by atoms with Crippen LogP contribution in [-0.4, -0.2) is 18.9 Å². The van der Waals surface area contributed by atoms with Crippen molar-refractivity contribution >= 4 is 17.5 Å². The number of amides is 2. The van der Waals surface area contributed by atoms with Crippen LogP contribution in [0, 0.1) is 0 Å². The summed E-state index contributed by atoms with van der Waals surface area (Å²) in [5.74, 6) is -0.890. The van der Waals surface area contributed by atoms with E-state index in [0.717, 1.165) is 17.7 Å². The molecule has 1 rings (SSSR count). The normalized spacial score (nSPS) is 9.88. The largest absolute Gasteiger partial charge is 0.369 e. The number of benzene rings is 1. The van der Waals surface area contributed by atoms with Gasteiger partial charge in [0.1, 0.15) is 6.42 Å². The lowest BCUT2D eigenvalue weighted by Gasteiger charge is -2.19. The first-order valence-corrected chi connectivity index (χ1v) is 5.19. The van der Waals surface area contributed by atoms with Gasteiger partial charge >= 0.3 is 0 Å². The number of carbonyl (C=O) groups excluding carboxylic acids is 2. The molecule has 0 saturated carbocycles. The first kappa shape index (κ1) is 12.2. The van der Waals surface area contributed by atoms with Crippen molar-refractivity contribution < 1.29 is 9.59 Å². The number of nitrogens with zero attached hydrogens (tertiary/aromatic N) is 1. The molecule has 0 bridgehead atoms. The van der Waals surface area contributed by atoms with E-state index in [1.165, 1.54) is 4.90 Å². The van der Waals surface area contributed by atoms with Crippen molar-refractivity contribution in [2.24, 2.45) is 5.73 Å². The summed E-state index contributed by atoms with van der Waals surface area (Å²) in [6.45, 7) is 2.02. The maximum Gasteiger partial charge on any atom is 0.236 e. The third-order valence-corrected chi connectivity index (χ3v) is 2.43. The minimum atomic E-state index is -0.606. The molecule has 0 atom stereocenters. The number of rotatable bonds is 4. The minimum Gasteiger partial charge on any atom is -0.369 e. The van der Waals surface area contributed by atoms with Crippen LogP contribution in [0.1, 0.15) is 18.9 Å². The Balaban J connectivity index is 2.91. The molecule has 0 unspecified atom stereocenters. The fraction of sp³-hybridized carbons (Fsp3) is 0.333. The Hall–Kier alpha value is -1.84. The molecule has 1 aromatic carbocycles. The summed E-state index contributed by atoms with van der Waals surface area (Å²) in [4.78, 5) is 23.8. The number of nitrogens with two attached hydrogens (primary N) is 1. The second-order valence-electron chi connectivity index (χ2n) is 3.58. The predicted molar refractivity (Wildman–Crippen MR) is 63.0 cm³/mol. The van der Waals surface area contributed by atoms with Crippen LogP contribution < -0.4 is 10.6 Å². The lowest BCUT2D eigenvalue weighted by atomic mass is 10.1. The molecule has 0 heterocycles. The van der Waals surface area contributed by atoms with E-state index in [9.17, 15) is 9.59 Å². The molecule has 86 valence electrons. The highest BCUT2D eigenvalue weighted by Gasteiger charge is 2.15. The summed E-state index contributed by atoms with van der Waals surface area (Å²) in [6.07, 6.45) is 0.582. The summed E-state index contributed by atoms with van der Waals surface area (Å²) >= 11 is 0. The van der Waals surface area contributed by atoms with E-state index in [-0.39, 0.29) is 12.3 Å². The van der Waals surface area contributed by atoms with E-state index < -0.39 is 5.91 Å². The first-order chi connectivity index (χ1) is 7.56. The van der Waals surface area contributed by atoms with Gasteiger partial charge in [-0.2, -0.15) is 0 Å². The van der Waals surface area contributed by atoms with Gasteiger partial charge in [-0.1, -0.05) is 25.1 Å². The smallest absolute Gasteiger partial charge is 0.236 e. The average molecular weight is 220 g/mol.